The van der Waals surface area contributed by atoms with Crippen LogP contribution < -0.4 is 5.32 Å². The number of anilines is 1. The zero-order valence-electron chi connectivity index (χ0n) is 10.4. The van der Waals surface area contributed by atoms with Crippen LogP contribution in [-0.2, 0) is 0 Å². The highest BCUT2D eigenvalue weighted by molar-refractivity contribution is 6.34. The molecule has 0 saturated heterocycles. The molecule has 18 heavy (non-hydrogen) atoms. The molecular formula is C13H13ClN2O2. The molecular weight excluding hydrogens is 252 g/mol. The Balaban J connectivity index is 2.31. The Morgan fingerprint density at radius 3 is 2.56 bits per heavy atom. The Bertz CT molecular complexity index is 582. The van der Waals surface area contributed by atoms with Crippen LogP contribution in [0.3, 0.4) is 0 Å². The molecule has 0 saturated carbocycles. The minimum Gasteiger partial charge on any atom is -0.351 e. The monoisotopic (exact) mass is 264 g/mol. The standard InChI is InChI=1S/C13H13ClN2O2/c1-7-4-8(2)11(10(14)5-7)16-13(17)12-9(3)6-15-18-12/h4-6H,1-3H3,(H,16,17). The second-order valence-corrected chi connectivity index (χ2v) is 4.64. The first-order chi connectivity index (χ1) is 8.49. The third kappa shape index (κ3) is 2.38. The van der Waals surface area contributed by atoms with Crippen molar-refractivity contribution >= 4 is 23.2 Å². The van der Waals surface area contributed by atoms with Crippen molar-refractivity contribution in [1.82, 2.24) is 5.16 Å². The molecule has 0 fully saturated rings. The van der Waals surface area contributed by atoms with Gasteiger partial charge in [-0.2, -0.15) is 0 Å². The fourth-order valence-electron chi connectivity index (χ4n) is 1.75. The van der Waals surface area contributed by atoms with E-state index in [0.29, 0.717) is 16.3 Å². The molecule has 2 aromatic rings. The summed E-state index contributed by atoms with van der Waals surface area (Å²) in [5, 5.41) is 6.83. The van der Waals surface area contributed by atoms with Gasteiger partial charge in [0.15, 0.2) is 0 Å². The van der Waals surface area contributed by atoms with Crippen molar-refractivity contribution in [2.24, 2.45) is 0 Å². The lowest BCUT2D eigenvalue weighted by Gasteiger charge is -2.10. The lowest BCUT2D eigenvalue weighted by Crippen LogP contribution is -2.13. The number of amides is 1. The van der Waals surface area contributed by atoms with Gasteiger partial charge in [-0.25, -0.2) is 0 Å². The van der Waals surface area contributed by atoms with Crippen LogP contribution in [0.25, 0.3) is 0 Å². The molecule has 1 N–H and O–H groups in total. The minimum atomic E-state index is -0.348. The van der Waals surface area contributed by atoms with Gasteiger partial charge in [-0.3, -0.25) is 4.79 Å². The van der Waals surface area contributed by atoms with E-state index in [-0.39, 0.29) is 11.7 Å². The number of nitrogens with one attached hydrogen (secondary N) is 1. The summed E-state index contributed by atoms with van der Waals surface area (Å²) in [5.41, 5.74) is 3.24. The molecule has 1 amide bonds. The molecule has 0 bridgehead atoms. The van der Waals surface area contributed by atoms with E-state index < -0.39 is 0 Å². The number of carbonyl (C=O) groups is 1. The zero-order valence-corrected chi connectivity index (χ0v) is 11.1. The van der Waals surface area contributed by atoms with Crippen molar-refractivity contribution < 1.29 is 9.32 Å². The van der Waals surface area contributed by atoms with Crippen LogP contribution in [0, 0.1) is 20.8 Å². The molecule has 0 aliphatic rings. The van der Waals surface area contributed by atoms with E-state index >= 15 is 0 Å². The van der Waals surface area contributed by atoms with E-state index in [1.807, 2.05) is 19.9 Å². The van der Waals surface area contributed by atoms with Crippen LogP contribution in [0.4, 0.5) is 5.69 Å². The first-order valence-electron chi connectivity index (χ1n) is 5.48. The largest absolute Gasteiger partial charge is 0.351 e. The lowest BCUT2D eigenvalue weighted by atomic mass is 10.1. The molecule has 0 atom stereocenters. The van der Waals surface area contributed by atoms with Crippen molar-refractivity contribution in [3.8, 4) is 0 Å². The van der Waals surface area contributed by atoms with E-state index in [1.165, 1.54) is 6.20 Å². The van der Waals surface area contributed by atoms with E-state index in [0.717, 1.165) is 11.1 Å². The van der Waals surface area contributed by atoms with Gasteiger partial charge >= 0.3 is 0 Å². The van der Waals surface area contributed by atoms with Crippen LogP contribution in [0.1, 0.15) is 27.2 Å². The molecule has 0 unspecified atom stereocenters. The number of rotatable bonds is 2. The van der Waals surface area contributed by atoms with Gasteiger partial charge in [0, 0.05) is 5.56 Å². The maximum atomic E-state index is 12.0. The number of aromatic nitrogens is 1. The highest BCUT2D eigenvalue weighted by Crippen LogP contribution is 2.27. The van der Waals surface area contributed by atoms with Crippen LogP contribution >= 0.6 is 11.6 Å². The second kappa shape index (κ2) is 4.82. The average Bonchev–Trinajstić information content (AvgIpc) is 2.69. The molecule has 0 spiro atoms. The van der Waals surface area contributed by atoms with Gasteiger partial charge in [0.1, 0.15) is 0 Å². The molecule has 0 aliphatic carbocycles. The summed E-state index contributed by atoms with van der Waals surface area (Å²) >= 11 is 6.12. The molecule has 94 valence electrons. The first-order valence-corrected chi connectivity index (χ1v) is 5.86. The Morgan fingerprint density at radius 2 is 2.00 bits per heavy atom. The number of hydrogen-bond acceptors (Lipinski definition) is 3. The van der Waals surface area contributed by atoms with Crippen molar-refractivity contribution in [3.05, 3.63) is 45.8 Å². The third-order valence-electron chi connectivity index (χ3n) is 2.62. The molecule has 1 aromatic carbocycles. The summed E-state index contributed by atoms with van der Waals surface area (Å²) in [7, 11) is 0. The van der Waals surface area contributed by atoms with Crippen LogP contribution in [-0.4, -0.2) is 11.1 Å². The number of hydrogen-bond donors (Lipinski definition) is 1. The Hall–Kier alpha value is -1.81. The number of nitrogens with zero attached hydrogens (tertiary/aromatic N) is 1. The molecule has 2 rings (SSSR count). The lowest BCUT2D eigenvalue weighted by molar-refractivity contribution is 0.0987. The fraction of sp³-hybridized carbons (Fsp3) is 0.231. The number of benzene rings is 1. The maximum Gasteiger partial charge on any atom is 0.294 e. The molecule has 0 aliphatic heterocycles. The predicted molar refractivity (Wildman–Crippen MR) is 70.1 cm³/mol. The Labute approximate surface area is 110 Å². The van der Waals surface area contributed by atoms with Crippen LogP contribution in [0.5, 0.6) is 0 Å². The van der Waals surface area contributed by atoms with E-state index in [9.17, 15) is 4.79 Å². The summed E-state index contributed by atoms with van der Waals surface area (Å²) in [6.45, 7) is 5.60. The molecule has 1 aromatic heterocycles. The summed E-state index contributed by atoms with van der Waals surface area (Å²) < 4.78 is 4.90. The predicted octanol–water partition coefficient (Wildman–Crippen LogP) is 3.51. The molecule has 4 nitrogen and oxygen atoms in total. The van der Waals surface area contributed by atoms with E-state index in [4.69, 9.17) is 16.1 Å². The number of halogens is 1. The van der Waals surface area contributed by atoms with Gasteiger partial charge in [0.2, 0.25) is 5.76 Å². The summed E-state index contributed by atoms with van der Waals surface area (Å²) in [6, 6.07) is 3.76. The maximum absolute atomic E-state index is 12.0. The number of carbonyl (C=O) groups excluding carboxylic acids is 1. The number of aryl methyl sites for hydroxylation is 3. The highest BCUT2D eigenvalue weighted by Gasteiger charge is 2.16. The first kappa shape index (κ1) is 12.6. The normalized spacial score (nSPS) is 10.4. The molecule has 5 heteroatoms. The van der Waals surface area contributed by atoms with Gasteiger partial charge in [0.25, 0.3) is 5.91 Å². The molecule has 0 radical (unpaired) electrons. The fourth-order valence-corrected chi connectivity index (χ4v) is 2.12. The van der Waals surface area contributed by atoms with Crippen molar-refractivity contribution in [2.45, 2.75) is 20.8 Å². The summed E-state index contributed by atoms with van der Waals surface area (Å²) in [4.78, 5) is 12.0. The average molecular weight is 265 g/mol. The SMILES string of the molecule is Cc1cc(C)c(NC(=O)c2oncc2C)c(Cl)c1. The van der Waals surface area contributed by atoms with Crippen molar-refractivity contribution in [3.63, 3.8) is 0 Å². The van der Waals surface area contributed by atoms with Gasteiger partial charge in [-0.05, 0) is 38.0 Å². The van der Waals surface area contributed by atoms with Crippen molar-refractivity contribution in [1.29, 1.82) is 0 Å². The topological polar surface area (TPSA) is 55.1 Å². The van der Waals surface area contributed by atoms with Crippen molar-refractivity contribution in [2.75, 3.05) is 5.32 Å². The summed E-state index contributed by atoms with van der Waals surface area (Å²) in [6.07, 6.45) is 1.50. The van der Waals surface area contributed by atoms with Gasteiger partial charge in [-0.15, -0.1) is 0 Å². The Morgan fingerprint density at radius 1 is 1.28 bits per heavy atom. The summed E-state index contributed by atoms with van der Waals surface area (Å²) in [5.74, 6) is -0.148. The zero-order chi connectivity index (χ0) is 13.3. The second-order valence-electron chi connectivity index (χ2n) is 4.23. The van der Waals surface area contributed by atoms with E-state index in [2.05, 4.69) is 10.5 Å². The van der Waals surface area contributed by atoms with E-state index in [1.54, 1.807) is 13.0 Å². The van der Waals surface area contributed by atoms with Gasteiger partial charge in [-0.1, -0.05) is 22.8 Å². The third-order valence-corrected chi connectivity index (χ3v) is 2.92. The highest BCUT2D eigenvalue weighted by atomic mass is 35.5. The van der Waals surface area contributed by atoms with Gasteiger partial charge in [0.05, 0.1) is 16.9 Å². The molecule has 1 heterocycles. The Kier molecular flexibility index (Phi) is 3.39. The quantitative estimate of drug-likeness (QED) is 0.903. The smallest absolute Gasteiger partial charge is 0.294 e. The minimum absolute atomic E-state index is 0.200. The van der Waals surface area contributed by atoms with Crippen LogP contribution in [0.2, 0.25) is 5.02 Å². The van der Waals surface area contributed by atoms with Crippen LogP contribution in [0.15, 0.2) is 22.9 Å². The van der Waals surface area contributed by atoms with Gasteiger partial charge < -0.3 is 9.84 Å².